The second kappa shape index (κ2) is 11.3. The van der Waals surface area contributed by atoms with Crippen LogP contribution in [0.15, 0.2) is 66.6 Å². The van der Waals surface area contributed by atoms with Crippen molar-refractivity contribution in [3.63, 3.8) is 0 Å². The molecule has 42 heavy (non-hydrogen) atoms. The van der Waals surface area contributed by atoms with Crippen LogP contribution in [0.2, 0.25) is 0 Å². The van der Waals surface area contributed by atoms with Gasteiger partial charge in [0.1, 0.15) is 17.3 Å². The van der Waals surface area contributed by atoms with E-state index in [0.29, 0.717) is 0 Å². The molecule has 0 unspecified atom stereocenters. The molecule has 1 aliphatic rings. The average molecular weight is 575 g/mol. The Balaban J connectivity index is 1.91. The Morgan fingerprint density at radius 2 is 2.05 bits per heavy atom. The maximum Gasteiger partial charge on any atom is 0.355 e. The first-order valence-corrected chi connectivity index (χ1v) is 13.5. The molecular weight excluding hydrogens is 531 g/mol. The number of halogens is 1. The van der Waals surface area contributed by atoms with E-state index in [1.54, 1.807) is 23.6 Å². The van der Waals surface area contributed by atoms with Crippen LogP contribution in [-0.2, 0) is 4.79 Å². The Kier molecular flexibility index (Phi) is 5.46. The summed E-state index contributed by atoms with van der Waals surface area (Å²) in [5.74, 6) is -1.54. The zero-order valence-electron chi connectivity index (χ0n) is 31.5. The van der Waals surface area contributed by atoms with Crippen LogP contribution in [0.1, 0.15) is 61.3 Å². The highest BCUT2D eigenvalue weighted by Gasteiger charge is 2.30. The van der Waals surface area contributed by atoms with Crippen LogP contribution in [0.3, 0.4) is 0 Å². The Morgan fingerprint density at radius 3 is 2.74 bits per heavy atom. The molecule has 8 nitrogen and oxygen atoms in total. The number of hydrogen-bond acceptors (Lipinski definition) is 6. The van der Waals surface area contributed by atoms with Crippen LogP contribution >= 0.6 is 0 Å². The zero-order chi connectivity index (χ0) is 36.9. The number of benzene rings is 1. The number of fused-ring (bicyclic) bond motifs is 1. The van der Waals surface area contributed by atoms with Crippen molar-refractivity contribution in [1.82, 2.24) is 24.4 Å². The van der Waals surface area contributed by atoms with E-state index < -0.39 is 49.1 Å². The number of anilines is 1. The van der Waals surface area contributed by atoms with Gasteiger partial charge >= 0.3 is 5.69 Å². The van der Waals surface area contributed by atoms with Gasteiger partial charge in [0.2, 0.25) is 5.91 Å². The molecule has 216 valence electrons. The van der Waals surface area contributed by atoms with Crippen LogP contribution in [0.25, 0.3) is 33.6 Å². The quantitative estimate of drug-likeness (QED) is 0.276. The van der Waals surface area contributed by atoms with Crippen molar-refractivity contribution in [2.24, 2.45) is 0 Å². The normalized spacial score (nSPS) is 18.6. The van der Waals surface area contributed by atoms with Crippen molar-refractivity contribution in [3.05, 3.63) is 94.9 Å². The largest absolute Gasteiger partial charge is 0.355 e. The Labute approximate surface area is 256 Å². The van der Waals surface area contributed by atoms with Crippen molar-refractivity contribution in [2.75, 3.05) is 24.5 Å². The summed E-state index contributed by atoms with van der Waals surface area (Å²) in [5.41, 5.74) is -2.40. The average Bonchev–Trinajstić information content (AvgIpc) is 3.03. The second-order valence-corrected chi connectivity index (χ2v) is 10.4. The van der Waals surface area contributed by atoms with Gasteiger partial charge in [0.15, 0.2) is 5.65 Å². The van der Waals surface area contributed by atoms with Gasteiger partial charge in [-0.15, -0.1) is 0 Å². The molecule has 0 radical (unpaired) electrons. The van der Waals surface area contributed by atoms with E-state index in [4.69, 9.17) is 11.0 Å². The number of aryl methyl sites for hydroxylation is 1. The van der Waals surface area contributed by atoms with Gasteiger partial charge in [-0.1, -0.05) is 56.8 Å². The third-order valence-electron chi connectivity index (χ3n) is 7.36. The first-order chi connectivity index (χ1) is 23.4. The lowest BCUT2D eigenvalue weighted by atomic mass is 9.98. The molecule has 0 saturated carbocycles. The SMILES string of the molecule is [2H]C([2H])=C(c1ccccc1-c1nc2c(cc1F)c(N1CCN(C(=O)C=C)C[C@@H]1C)nc(=O)n2-c1c(C([2H])([2H])[2H])ccnc1C(C)C)C([2H])([2H])[2H]. The number of aromatic nitrogens is 4. The van der Waals surface area contributed by atoms with Crippen molar-refractivity contribution in [1.29, 1.82) is 0 Å². The summed E-state index contributed by atoms with van der Waals surface area (Å²) in [4.78, 5) is 43.4. The van der Waals surface area contributed by atoms with Crippen molar-refractivity contribution < 1.29 is 20.2 Å². The predicted octanol–water partition coefficient (Wildman–Crippen LogP) is 5.67. The molecule has 1 amide bonds. The predicted molar refractivity (Wildman–Crippen MR) is 165 cm³/mol. The monoisotopic (exact) mass is 574 g/mol. The first-order valence-electron chi connectivity index (χ1n) is 17.5. The van der Waals surface area contributed by atoms with Gasteiger partial charge in [-0.2, -0.15) is 4.98 Å². The molecule has 1 saturated heterocycles. The fraction of sp³-hybridized carbons (Fsp3) is 0.303. The molecular formula is C33H35FN6O2. The van der Waals surface area contributed by atoms with Crippen LogP contribution < -0.4 is 10.6 Å². The van der Waals surface area contributed by atoms with Crippen molar-refractivity contribution in [3.8, 4) is 16.9 Å². The lowest BCUT2D eigenvalue weighted by Crippen LogP contribution is -2.54. The number of carbonyl (C=O) groups is 1. The third kappa shape index (κ3) is 5.00. The molecule has 0 aliphatic carbocycles. The Bertz CT molecular complexity index is 2090. The van der Waals surface area contributed by atoms with Gasteiger partial charge in [0, 0.05) is 45.7 Å². The summed E-state index contributed by atoms with van der Waals surface area (Å²) in [6.07, 6.45) is 2.54. The van der Waals surface area contributed by atoms with Crippen LogP contribution in [0.4, 0.5) is 10.2 Å². The first kappa shape index (κ1) is 20.3. The summed E-state index contributed by atoms with van der Waals surface area (Å²) >= 11 is 0. The molecule has 0 bridgehead atoms. The van der Waals surface area contributed by atoms with Gasteiger partial charge in [-0.3, -0.25) is 9.78 Å². The van der Waals surface area contributed by atoms with Crippen molar-refractivity contribution in [2.45, 2.75) is 46.4 Å². The third-order valence-corrected chi connectivity index (χ3v) is 7.36. The molecule has 5 rings (SSSR count). The molecule has 1 aromatic carbocycles. The summed E-state index contributed by atoms with van der Waals surface area (Å²) in [6.45, 7) is 2.97. The number of amides is 1. The number of carbonyl (C=O) groups excluding carboxylic acids is 1. The van der Waals surface area contributed by atoms with Gasteiger partial charge in [-0.25, -0.2) is 18.7 Å². The summed E-state index contributed by atoms with van der Waals surface area (Å²) in [5, 5.41) is 0.0435. The maximum atomic E-state index is 16.5. The Hall–Kier alpha value is -4.66. The van der Waals surface area contributed by atoms with Crippen LogP contribution in [0.5, 0.6) is 0 Å². The highest BCUT2D eigenvalue weighted by molar-refractivity contribution is 5.92. The second-order valence-electron chi connectivity index (χ2n) is 10.4. The summed E-state index contributed by atoms with van der Waals surface area (Å²) in [6, 6.07) is 7.70. The summed E-state index contributed by atoms with van der Waals surface area (Å²) in [7, 11) is 0. The smallest absolute Gasteiger partial charge is 0.350 e. The lowest BCUT2D eigenvalue weighted by Gasteiger charge is -2.40. The molecule has 0 spiro atoms. The minimum atomic E-state index is -2.91. The van der Waals surface area contributed by atoms with E-state index in [1.165, 1.54) is 42.6 Å². The van der Waals surface area contributed by atoms with E-state index in [0.717, 1.165) is 10.6 Å². The highest BCUT2D eigenvalue weighted by atomic mass is 19.1. The van der Waals surface area contributed by atoms with E-state index >= 15 is 4.39 Å². The lowest BCUT2D eigenvalue weighted by molar-refractivity contribution is -0.126. The number of hydrogen-bond donors (Lipinski definition) is 0. The molecule has 4 heterocycles. The number of piperazine rings is 1. The molecule has 0 N–H and O–H groups in total. The number of allylic oxidation sites excluding steroid dienone is 1. The zero-order valence-corrected chi connectivity index (χ0v) is 23.5. The van der Waals surface area contributed by atoms with E-state index in [9.17, 15) is 9.59 Å². The van der Waals surface area contributed by atoms with Gasteiger partial charge in [-0.05, 0) is 55.9 Å². The highest BCUT2D eigenvalue weighted by Crippen LogP contribution is 2.35. The number of pyridine rings is 2. The van der Waals surface area contributed by atoms with Crippen molar-refractivity contribution >= 4 is 28.3 Å². The summed E-state index contributed by atoms with van der Waals surface area (Å²) < 4.78 is 82.3. The Morgan fingerprint density at radius 1 is 1.24 bits per heavy atom. The maximum absolute atomic E-state index is 16.5. The molecule has 4 aromatic rings. The van der Waals surface area contributed by atoms with E-state index in [1.807, 2.05) is 6.92 Å². The van der Waals surface area contributed by atoms with Gasteiger partial charge in [0.25, 0.3) is 0 Å². The molecule has 1 atom stereocenters. The number of nitrogens with zero attached hydrogens (tertiary/aromatic N) is 6. The molecule has 3 aromatic heterocycles. The minimum absolute atomic E-state index is 0.0435. The van der Waals surface area contributed by atoms with E-state index in [2.05, 4.69) is 21.5 Å². The van der Waals surface area contributed by atoms with Gasteiger partial charge < -0.3 is 9.80 Å². The molecule has 1 fully saturated rings. The molecule has 1 aliphatic heterocycles. The van der Waals surface area contributed by atoms with Crippen LogP contribution in [0, 0.1) is 12.7 Å². The van der Waals surface area contributed by atoms with Gasteiger partial charge in [0.05, 0.1) is 19.5 Å². The molecule has 9 heteroatoms. The minimum Gasteiger partial charge on any atom is -0.350 e. The topological polar surface area (TPSA) is 84.2 Å². The van der Waals surface area contributed by atoms with E-state index in [-0.39, 0.29) is 76.4 Å². The fourth-order valence-corrected chi connectivity index (χ4v) is 5.35. The standard InChI is InChI=1S/C33H35FN6O2/c1-8-27(41)38-15-16-39(22(7)18-38)31-25-17-26(34)29(24-12-10-9-11-23(24)19(2)3)36-32(25)40(33(42)37-31)30-21(6)13-14-35-28(30)20(4)5/h8-14,17,20,22H,1-2,15-16,18H2,3-7H3/t22-/m0/s1/i2D2,3D3,6D3. The van der Waals surface area contributed by atoms with Crippen LogP contribution in [-0.4, -0.2) is 56.0 Å². The number of rotatable bonds is 6. The fourth-order valence-electron chi connectivity index (χ4n) is 5.35.